The van der Waals surface area contributed by atoms with Crippen molar-refractivity contribution in [2.75, 3.05) is 20.1 Å². The largest absolute Gasteiger partial charge is 0.419 e. The number of likely N-dealkylation sites (N-methyl/N-ethyl adjacent to an activating group) is 1. The summed E-state index contributed by atoms with van der Waals surface area (Å²) in [6, 6.07) is 16.6. The highest BCUT2D eigenvalue weighted by Gasteiger charge is 2.60. The van der Waals surface area contributed by atoms with Gasteiger partial charge in [0, 0.05) is 55.3 Å². The fourth-order valence-electron chi connectivity index (χ4n) is 7.44. The van der Waals surface area contributed by atoms with Crippen LogP contribution in [-0.2, 0) is 14.3 Å². The maximum atomic E-state index is 13.8. The molecule has 0 spiro atoms. The molecule has 4 aromatic rings. The molecule has 2 aliphatic rings. The molecule has 0 unspecified atom stereocenters. The summed E-state index contributed by atoms with van der Waals surface area (Å²) in [4.78, 5) is 114. The van der Waals surface area contributed by atoms with Gasteiger partial charge < -0.3 is 29.1 Å². The number of Topliss-reactive ketones (excluding diaryl/α,β-unsaturated/α-hetero) is 1. The van der Waals surface area contributed by atoms with Gasteiger partial charge >= 0.3 is 23.9 Å². The second-order valence-corrected chi connectivity index (χ2v) is 14.9. The zero-order valence-electron chi connectivity index (χ0n) is 34.1. The second kappa shape index (κ2) is 18.9. The van der Waals surface area contributed by atoms with Crippen molar-refractivity contribution in [1.82, 2.24) is 9.80 Å². The number of esters is 4. The molecule has 21 nitrogen and oxygen atoms in total. The van der Waals surface area contributed by atoms with Crippen LogP contribution < -0.4 is 9.47 Å². The number of benzene rings is 4. The number of ether oxygens (including phenoxy) is 3. The molecule has 1 N–H and O–H groups in total. The van der Waals surface area contributed by atoms with E-state index in [1.54, 1.807) is 18.9 Å². The first-order valence-corrected chi connectivity index (χ1v) is 19.4. The zero-order valence-corrected chi connectivity index (χ0v) is 34.1. The van der Waals surface area contributed by atoms with Crippen LogP contribution in [0.4, 0.5) is 17.1 Å². The first-order chi connectivity index (χ1) is 30.4. The van der Waals surface area contributed by atoms with Crippen LogP contribution in [0.25, 0.3) is 0 Å². The summed E-state index contributed by atoms with van der Waals surface area (Å²) >= 11 is 0. The number of aliphatic hydroxyl groups excluding tert-OH is 1. The summed E-state index contributed by atoms with van der Waals surface area (Å²) in [6.07, 6.45) is -1.06. The van der Waals surface area contributed by atoms with Crippen LogP contribution in [0.1, 0.15) is 68.1 Å². The first-order valence-electron chi connectivity index (χ1n) is 19.4. The minimum Gasteiger partial charge on any atom is -0.419 e. The van der Waals surface area contributed by atoms with Crippen molar-refractivity contribution in [1.29, 1.82) is 0 Å². The van der Waals surface area contributed by atoms with Gasteiger partial charge in [-0.3, -0.25) is 39.9 Å². The van der Waals surface area contributed by atoms with Gasteiger partial charge in [0.05, 0.1) is 55.1 Å². The molecular weight excluding hydrogens is 842 g/mol. The highest BCUT2D eigenvalue weighted by Crippen LogP contribution is 2.47. The molecule has 64 heavy (non-hydrogen) atoms. The average Bonchev–Trinajstić information content (AvgIpc) is 3.50. The van der Waals surface area contributed by atoms with Gasteiger partial charge in [-0.25, -0.2) is 19.2 Å². The van der Waals surface area contributed by atoms with Crippen molar-refractivity contribution in [2.45, 2.75) is 38.8 Å². The van der Waals surface area contributed by atoms with Crippen LogP contribution in [0.15, 0.2) is 102 Å². The third-order valence-electron chi connectivity index (χ3n) is 10.7. The fourth-order valence-corrected chi connectivity index (χ4v) is 7.44. The van der Waals surface area contributed by atoms with Crippen LogP contribution >= 0.6 is 0 Å². The Bertz CT molecular complexity index is 2610. The minimum absolute atomic E-state index is 0.0461. The summed E-state index contributed by atoms with van der Waals surface area (Å²) in [5.41, 5.74) is -1.22. The third-order valence-corrected chi connectivity index (χ3v) is 10.7. The number of aliphatic hydroxyl groups is 1. The number of carbonyl (C=O) groups excluding carboxylic acids is 6. The molecule has 6 rings (SSSR count). The lowest BCUT2D eigenvalue weighted by Crippen LogP contribution is -2.63. The molecule has 330 valence electrons. The maximum absolute atomic E-state index is 13.8. The smallest absolute Gasteiger partial charge is 0.362 e. The van der Waals surface area contributed by atoms with E-state index in [1.165, 1.54) is 30.0 Å². The standard InChI is InChI=1S/C43H37N5O16/c1-23-32(37(45-36(23)35(24(2)49)39(45)51)43(55)64-42(54)27-13-19-30(20-14-27)48(60)61)22-44(3)21-5-7-33(50)31-6-4-8-34(62-40(52)25-9-15-28(16-10-25)46(56)57)38(31)63-41(53)26-11-17-29(18-12-26)47(58)59/h4,6,8-20,23-24,35-36,49H,5,7,21-22H2,1-3H3/t23-,24+,35+,36+/m0/s1. The number of amides is 1. The van der Waals surface area contributed by atoms with E-state index in [1.807, 2.05) is 0 Å². The van der Waals surface area contributed by atoms with Gasteiger partial charge in [0.1, 0.15) is 5.70 Å². The van der Waals surface area contributed by atoms with Crippen molar-refractivity contribution >= 4 is 52.6 Å². The molecule has 0 saturated carbocycles. The molecule has 1 amide bonds. The number of para-hydroxylation sites is 1. The number of nitrogens with zero attached hydrogens (tertiary/aromatic N) is 5. The molecule has 21 heteroatoms. The van der Waals surface area contributed by atoms with Gasteiger partial charge in [0.15, 0.2) is 17.3 Å². The van der Waals surface area contributed by atoms with Crippen LogP contribution in [0.3, 0.4) is 0 Å². The predicted octanol–water partition coefficient (Wildman–Crippen LogP) is 5.24. The second-order valence-electron chi connectivity index (χ2n) is 14.9. The van der Waals surface area contributed by atoms with Gasteiger partial charge in [-0.1, -0.05) is 13.0 Å². The molecule has 1 saturated heterocycles. The third kappa shape index (κ3) is 9.54. The lowest BCUT2D eigenvalue weighted by molar-refractivity contribution is -0.385. The van der Waals surface area contributed by atoms with Gasteiger partial charge in [0.2, 0.25) is 5.91 Å². The van der Waals surface area contributed by atoms with E-state index in [4.69, 9.17) is 14.2 Å². The van der Waals surface area contributed by atoms with Crippen molar-refractivity contribution in [3.63, 3.8) is 0 Å². The molecule has 1 fully saturated rings. The Morgan fingerprint density at radius 2 is 1.22 bits per heavy atom. The summed E-state index contributed by atoms with van der Waals surface area (Å²) < 4.78 is 16.3. The van der Waals surface area contributed by atoms with E-state index >= 15 is 0 Å². The summed E-state index contributed by atoms with van der Waals surface area (Å²) in [5, 5.41) is 43.7. The number of hydrogen-bond donors (Lipinski definition) is 1. The van der Waals surface area contributed by atoms with Gasteiger partial charge in [0.25, 0.3) is 17.1 Å². The number of nitro groups is 3. The molecule has 0 aliphatic carbocycles. The maximum Gasteiger partial charge on any atom is 0.362 e. The summed E-state index contributed by atoms with van der Waals surface area (Å²) in [5.74, 6) is -7.54. The first kappa shape index (κ1) is 45.5. The highest BCUT2D eigenvalue weighted by atomic mass is 16.6. The monoisotopic (exact) mass is 879 g/mol. The van der Waals surface area contributed by atoms with Gasteiger partial charge in [-0.05, 0) is 81.0 Å². The number of carbonyl (C=O) groups is 6. The van der Waals surface area contributed by atoms with Crippen molar-refractivity contribution in [3.8, 4) is 11.5 Å². The predicted molar refractivity (Wildman–Crippen MR) is 219 cm³/mol. The number of β-lactam (4-membered cyclic amide) rings is 1. The fraction of sp³-hybridized carbons (Fsp3) is 0.256. The van der Waals surface area contributed by atoms with E-state index in [-0.39, 0.29) is 76.7 Å². The van der Waals surface area contributed by atoms with Crippen LogP contribution in [0, 0.1) is 42.2 Å². The van der Waals surface area contributed by atoms with Gasteiger partial charge in [-0.2, -0.15) is 0 Å². The Kier molecular flexibility index (Phi) is 13.4. The van der Waals surface area contributed by atoms with Crippen LogP contribution in [0.5, 0.6) is 11.5 Å². The number of fused-ring (bicyclic) bond motifs is 1. The molecule has 0 aromatic heterocycles. The highest BCUT2D eigenvalue weighted by molar-refractivity contribution is 6.07. The Morgan fingerprint density at radius 3 is 1.70 bits per heavy atom. The van der Waals surface area contributed by atoms with E-state index in [0.29, 0.717) is 5.57 Å². The van der Waals surface area contributed by atoms with Crippen molar-refractivity contribution in [3.05, 3.63) is 155 Å². The molecule has 0 radical (unpaired) electrons. The lowest BCUT2D eigenvalue weighted by atomic mass is 9.77. The number of rotatable bonds is 17. The summed E-state index contributed by atoms with van der Waals surface area (Å²) in [6.45, 7) is 3.46. The Balaban J connectivity index is 1.19. The number of nitro benzene ring substituents is 3. The minimum atomic E-state index is -1.14. The Labute approximate surface area is 361 Å². The topological polar surface area (TPSA) is 286 Å². The van der Waals surface area contributed by atoms with Crippen LogP contribution in [-0.4, -0.2) is 97.5 Å². The van der Waals surface area contributed by atoms with Crippen molar-refractivity contribution < 1.29 is 62.9 Å². The number of hydrogen-bond acceptors (Lipinski definition) is 17. The van der Waals surface area contributed by atoms with E-state index in [0.717, 1.165) is 72.8 Å². The lowest BCUT2D eigenvalue weighted by Gasteiger charge is -2.46. The molecule has 4 atom stereocenters. The molecular formula is C43H37N5O16. The Morgan fingerprint density at radius 1 is 0.734 bits per heavy atom. The molecule has 0 bridgehead atoms. The van der Waals surface area contributed by atoms with E-state index in [2.05, 4.69) is 0 Å². The van der Waals surface area contributed by atoms with E-state index < -0.39 is 80.1 Å². The quantitative estimate of drug-likeness (QED) is 0.0270. The van der Waals surface area contributed by atoms with E-state index in [9.17, 15) is 64.2 Å². The molecule has 2 aliphatic heterocycles. The molecule has 4 aromatic carbocycles. The zero-order chi connectivity index (χ0) is 46.6. The number of ketones is 1. The Hall–Kier alpha value is -8.04. The molecule has 2 heterocycles. The van der Waals surface area contributed by atoms with Crippen molar-refractivity contribution in [2.24, 2.45) is 11.8 Å². The summed E-state index contributed by atoms with van der Waals surface area (Å²) in [7, 11) is 1.67. The normalized spacial score (nSPS) is 16.9. The SMILES string of the molecule is C[C@@H](O)[C@H]1C(=O)N2C(C(=O)OC(=O)c3ccc([N+](=O)[O-])cc3)=C(CN(C)CCCC(=O)c3cccc(OC(=O)c4ccc([N+](=O)[O-])cc4)c3OC(=O)c3ccc([N+](=O)[O-])cc3)[C@H](C)[C@H]12. The number of non-ortho nitro benzene ring substituents is 3. The average molecular weight is 880 g/mol. The van der Waals surface area contributed by atoms with Crippen LogP contribution in [0.2, 0.25) is 0 Å². The van der Waals surface area contributed by atoms with Gasteiger partial charge in [-0.15, -0.1) is 0 Å².